The number of rotatable bonds is 3. The van der Waals surface area contributed by atoms with E-state index in [1.54, 1.807) is 0 Å². The van der Waals surface area contributed by atoms with Crippen LogP contribution in [-0.2, 0) is 4.79 Å². The van der Waals surface area contributed by atoms with Crippen LogP contribution in [-0.4, -0.2) is 48.7 Å². The summed E-state index contributed by atoms with van der Waals surface area (Å²) in [7, 11) is 0. The van der Waals surface area contributed by atoms with E-state index in [2.05, 4.69) is 10.2 Å². The smallest absolute Gasteiger partial charge is 0.304 e. The van der Waals surface area contributed by atoms with E-state index >= 15 is 0 Å². The molecule has 0 atom stereocenters. The summed E-state index contributed by atoms with van der Waals surface area (Å²) < 4.78 is 0. The van der Waals surface area contributed by atoms with Gasteiger partial charge in [0.15, 0.2) is 0 Å². The second-order valence-corrected chi connectivity index (χ2v) is 2.74. The highest BCUT2D eigenvalue weighted by Crippen LogP contribution is 1.93. The first-order valence-electron chi connectivity index (χ1n) is 3.94. The van der Waals surface area contributed by atoms with Crippen molar-refractivity contribution in [3.8, 4) is 0 Å². The van der Waals surface area contributed by atoms with Crippen molar-refractivity contribution in [2.24, 2.45) is 0 Å². The van der Waals surface area contributed by atoms with E-state index in [-0.39, 0.29) is 6.42 Å². The lowest BCUT2D eigenvalue weighted by Crippen LogP contribution is -2.44. The van der Waals surface area contributed by atoms with Gasteiger partial charge in [0, 0.05) is 32.7 Å². The van der Waals surface area contributed by atoms with E-state index < -0.39 is 5.97 Å². The lowest BCUT2D eigenvalue weighted by Gasteiger charge is -2.26. The molecule has 4 nitrogen and oxygen atoms in total. The lowest BCUT2D eigenvalue weighted by molar-refractivity contribution is -0.137. The van der Waals surface area contributed by atoms with E-state index in [0.29, 0.717) is 6.54 Å². The number of carboxylic acids is 1. The van der Waals surface area contributed by atoms with Crippen LogP contribution in [0.25, 0.3) is 0 Å². The standard InChI is InChI=1S/C7H14N2O2/c10-7(11)1-4-9-5-2-8-3-6-9/h8H,1-6H2,(H,10,11). The topological polar surface area (TPSA) is 52.6 Å². The Labute approximate surface area is 66.2 Å². The van der Waals surface area contributed by atoms with Crippen LogP contribution >= 0.6 is 0 Å². The molecule has 0 aromatic heterocycles. The zero-order valence-corrected chi connectivity index (χ0v) is 6.55. The lowest BCUT2D eigenvalue weighted by atomic mass is 10.3. The average molecular weight is 158 g/mol. The maximum atomic E-state index is 10.2. The average Bonchev–Trinajstić information content (AvgIpc) is 2.03. The summed E-state index contributed by atoms with van der Waals surface area (Å²) in [6.45, 7) is 4.62. The van der Waals surface area contributed by atoms with Gasteiger partial charge in [-0.3, -0.25) is 4.79 Å². The van der Waals surface area contributed by atoms with Crippen molar-refractivity contribution in [2.75, 3.05) is 32.7 Å². The van der Waals surface area contributed by atoms with E-state index in [1.807, 2.05) is 0 Å². The Kier molecular flexibility index (Phi) is 3.32. The molecule has 1 heterocycles. The molecule has 1 aliphatic rings. The minimum absolute atomic E-state index is 0.264. The summed E-state index contributed by atoms with van der Waals surface area (Å²) in [5.74, 6) is -0.705. The molecule has 4 heteroatoms. The van der Waals surface area contributed by atoms with Gasteiger partial charge >= 0.3 is 5.97 Å². The van der Waals surface area contributed by atoms with Gasteiger partial charge < -0.3 is 15.3 Å². The molecular formula is C7H14N2O2. The number of hydrogen-bond donors (Lipinski definition) is 2. The second-order valence-electron chi connectivity index (χ2n) is 2.74. The van der Waals surface area contributed by atoms with Gasteiger partial charge in [-0.15, -0.1) is 0 Å². The predicted octanol–water partition coefficient (Wildman–Crippen LogP) is -0.634. The number of piperazine rings is 1. The number of hydrogen-bond acceptors (Lipinski definition) is 3. The summed E-state index contributed by atoms with van der Waals surface area (Å²) in [5.41, 5.74) is 0. The summed E-state index contributed by atoms with van der Waals surface area (Å²) in [6, 6.07) is 0. The highest BCUT2D eigenvalue weighted by molar-refractivity contribution is 5.66. The van der Waals surface area contributed by atoms with Crippen LogP contribution in [0.1, 0.15) is 6.42 Å². The van der Waals surface area contributed by atoms with Crippen LogP contribution in [0.3, 0.4) is 0 Å². The molecule has 0 aliphatic carbocycles. The highest BCUT2D eigenvalue weighted by Gasteiger charge is 2.09. The van der Waals surface area contributed by atoms with Gasteiger partial charge in [0.25, 0.3) is 0 Å². The molecular weight excluding hydrogens is 144 g/mol. The van der Waals surface area contributed by atoms with Crippen molar-refractivity contribution >= 4 is 5.97 Å². The van der Waals surface area contributed by atoms with Crippen LogP contribution in [0.4, 0.5) is 0 Å². The van der Waals surface area contributed by atoms with Crippen molar-refractivity contribution in [1.82, 2.24) is 10.2 Å². The van der Waals surface area contributed by atoms with Gasteiger partial charge in [-0.25, -0.2) is 0 Å². The number of nitrogens with zero attached hydrogens (tertiary/aromatic N) is 1. The second kappa shape index (κ2) is 4.31. The quantitative estimate of drug-likeness (QED) is 0.574. The first-order valence-corrected chi connectivity index (χ1v) is 3.94. The molecule has 11 heavy (non-hydrogen) atoms. The Bertz CT molecular complexity index is 132. The first kappa shape index (κ1) is 8.49. The predicted molar refractivity (Wildman–Crippen MR) is 41.6 cm³/mol. The number of aliphatic carboxylic acids is 1. The van der Waals surface area contributed by atoms with Crippen LogP contribution < -0.4 is 5.32 Å². The van der Waals surface area contributed by atoms with Gasteiger partial charge in [0.05, 0.1) is 6.42 Å². The van der Waals surface area contributed by atoms with Crippen LogP contribution in [0.15, 0.2) is 0 Å². The fourth-order valence-electron chi connectivity index (χ4n) is 1.19. The van der Waals surface area contributed by atoms with Gasteiger partial charge in [0.1, 0.15) is 0 Å². The SMILES string of the molecule is O=C(O)CCN1CCNCC1. The number of carboxylic acid groups (broad SMARTS) is 1. The zero-order chi connectivity index (χ0) is 8.10. The monoisotopic (exact) mass is 158 g/mol. The minimum Gasteiger partial charge on any atom is -0.481 e. The molecule has 0 aromatic carbocycles. The first-order chi connectivity index (χ1) is 5.29. The Morgan fingerprint density at radius 3 is 2.64 bits per heavy atom. The van der Waals surface area contributed by atoms with Gasteiger partial charge in [-0.1, -0.05) is 0 Å². The van der Waals surface area contributed by atoms with Crippen LogP contribution in [0, 0.1) is 0 Å². The summed E-state index contributed by atoms with van der Waals surface area (Å²) in [6.07, 6.45) is 0.264. The van der Waals surface area contributed by atoms with E-state index in [4.69, 9.17) is 5.11 Å². The fourth-order valence-corrected chi connectivity index (χ4v) is 1.19. The van der Waals surface area contributed by atoms with Crippen molar-refractivity contribution in [3.05, 3.63) is 0 Å². The highest BCUT2D eigenvalue weighted by atomic mass is 16.4. The molecule has 0 bridgehead atoms. The molecule has 0 spiro atoms. The molecule has 1 rings (SSSR count). The number of nitrogens with one attached hydrogen (secondary N) is 1. The molecule has 0 unspecified atom stereocenters. The minimum atomic E-state index is -0.705. The van der Waals surface area contributed by atoms with Crippen molar-refractivity contribution in [1.29, 1.82) is 0 Å². The third-order valence-electron chi connectivity index (χ3n) is 1.85. The molecule has 1 saturated heterocycles. The summed E-state index contributed by atoms with van der Waals surface area (Å²) in [5, 5.41) is 11.6. The largest absolute Gasteiger partial charge is 0.481 e. The third kappa shape index (κ3) is 3.34. The molecule has 2 N–H and O–H groups in total. The molecule has 0 aromatic rings. The maximum Gasteiger partial charge on any atom is 0.304 e. The zero-order valence-electron chi connectivity index (χ0n) is 6.55. The van der Waals surface area contributed by atoms with E-state index in [0.717, 1.165) is 26.2 Å². The normalized spacial score (nSPS) is 20.0. The Morgan fingerprint density at radius 1 is 1.45 bits per heavy atom. The molecule has 64 valence electrons. The summed E-state index contributed by atoms with van der Waals surface area (Å²) in [4.78, 5) is 12.4. The Morgan fingerprint density at radius 2 is 2.09 bits per heavy atom. The van der Waals surface area contributed by atoms with Crippen molar-refractivity contribution < 1.29 is 9.90 Å². The van der Waals surface area contributed by atoms with E-state index in [1.165, 1.54) is 0 Å². The van der Waals surface area contributed by atoms with Gasteiger partial charge in [0.2, 0.25) is 0 Å². The Balaban J connectivity index is 2.09. The molecule has 1 aliphatic heterocycles. The van der Waals surface area contributed by atoms with E-state index in [9.17, 15) is 4.79 Å². The van der Waals surface area contributed by atoms with Gasteiger partial charge in [-0.05, 0) is 0 Å². The van der Waals surface area contributed by atoms with Crippen molar-refractivity contribution in [2.45, 2.75) is 6.42 Å². The van der Waals surface area contributed by atoms with Crippen LogP contribution in [0.5, 0.6) is 0 Å². The molecule has 0 amide bonds. The number of carbonyl (C=O) groups is 1. The fraction of sp³-hybridized carbons (Fsp3) is 0.857. The Hall–Kier alpha value is -0.610. The van der Waals surface area contributed by atoms with Crippen LogP contribution in [0.2, 0.25) is 0 Å². The third-order valence-corrected chi connectivity index (χ3v) is 1.85. The summed E-state index contributed by atoms with van der Waals surface area (Å²) >= 11 is 0. The van der Waals surface area contributed by atoms with Crippen molar-refractivity contribution in [3.63, 3.8) is 0 Å². The molecule has 0 radical (unpaired) electrons. The van der Waals surface area contributed by atoms with Gasteiger partial charge in [-0.2, -0.15) is 0 Å². The molecule has 0 saturated carbocycles. The maximum absolute atomic E-state index is 10.2. The molecule has 1 fully saturated rings.